The van der Waals surface area contributed by atoms with Crippen molar-refractivity contribution in [3.63, 3.8) is 0 Å². The Morgan fingerprint density at radius 2 is 1.78 bits per heavy atom. The third-order valence-corrected chi connectivity index (χ3v) is 5.77. The van der Waals surface area contributed by atoms with Crippen LogP contribution in [0.1, 0.15) is 89.7 Å². The fourth-order valence-corrected chi connectivity index (χ4v) is 4.28. The van der Waals surface area contributed by atoms with Gasteiger partial charge in [-0.3, -0.25) is 9.59 Å². The molecule has 1 aromatic heterocycles. The maximum Gasteiger partial charge on any atom is 0.286 e. The van der Waals surface area contributed by atoms with E-state index >= 15 is 0 Å². The van der Waals surface area contributed by atoms with Gasteiger partial charge in [0, 0.05) is 11.3 Å². The molecule has 1 atom stereocenters. The minimum absolute atomic E-state index is 0.0153. The van der Waals surface area contributed by atoms with Crippen LogP contribution >= 0.6 is 11.8 Å². The Morgan fingerprint density at radius 1 is 1.15 bits per heavy atom. The normalized spacial score (nSPS) is 17.6. The van der Waals surface area contributed by atoms with E-state index in [9.17, 15) is 9.59 Å². The molecule has 0 aromatic carbocycles. The molecule has 1 aliphatic carbocycles. The molecule has 0 bridgehead atoms. The third kappa shape index (κ3) is 6.63. The lowest BCUT2D eigenvalue weighted by molar-refractivity contribution is -0.122. The molecular weight excluding hydrogens is 362 g/mol. The number of carbonyl (C=O) groups is 2. The van der Waals surface area contributed by atoms with Gasteiger partial charge in [-0.15, -0.1) is 10.2 Å². The minimum atomic E-state index is -0.538. The summed E-state index contributed by atoms with van der Waals surface area (Å²) in [5, 5.41) is 8.64. The molecule has 1 aromatic rings. The first kappa shape index (κ1) is 21.9. The van der Waals surface area contributed by atoms with Crippen LogP contribution in [0.25, 0.3) is 0 Å². The van der Waals surface area contributed by atoms with Gasteiger partial charge in [-0.2, -0.15) is 0 Å². The summed E-state index contributed by atoms with van der Waals surface area (Å²) < 4.78 is 5.59. The summed E-state index contributed by atoms with van der Waals surface area (Å²) in [6, 6.07) is -0.424. The molecule has 1 heterocycles. The van der Waals surface area contributed by atoms with Crippen LogP contribution in [0.5, 0.6) is 0 Å². The molecule has 1 aliphatic rings. The quantitative estimate of drug-likeness (QED) is 0.341. The lowest BCUT2D eigenvalue weighted by atomic mass is 9.92. The van der Waals surface area contributed by atoms with E-state index in [0.29, 0.717) is 16.9 Å². The van der Waals surface area contributed by atoms with Crippen molar-refractivity contribution >= 4 is 24.0 Å². The van der Waals surface area contributed by atoms with Crippen molar-refractivity contribution < 1.29 is 14.0 Å². The number of hydrogen-bond acceptors (Lipinski definition) is 6. The Bertz CT molecular complexity index is 595. The van der Waals surface area contributed by atoms with E-state index < -0.39 is 6.04 Å². The van der Waals surface area contributed by atoms with Gasteiger partial charge in [0.05, 0.1) is 0 Å². The Labute approximate surface area is 166 Å². The van der Waals surface area contributed by atoms with Crippen LogP contribution in [0.3, 0.4) is 0 Å². The zero-order valence-electron chi connectivity index (χ0n) is 17.0. The van der Waals surface area contributed by atoms with Crippen LogP contribution in [-0.4, -0.2) is 44.6 Å². The number of rotatable bonds is 9. The van der Waals surface area contributed by atoms with Crippen molar-refractivity contribution in [2.24, 2.45) is 5.92 Å². The van der Waals surface area contributed by atoms with Gasteiger partial charge < -0.3 is 9.32 Å². The van der Waals surface area contributed by atoms with Crippen molar-refractivity contribution in [3.05, 3.63) is 5.89 Å². The van der Waals surface area contributed by atoms with Gasteiger partial charge in [0.2, 0.25) is 12.2 Å². The second kappa shape index (κ2) is 10.8. The number of nitrogens with zero attached hydrogens (tertiary/aromatic N) is 3. The minimum Gasteiger partial charge on any atom is -0.408 e. The Morgan fingerprint density at radius 3 is 2.33 bits per heavy atom. The van der Waals surface area contributed by atoms with Crippen LogP contribution in [0.2, 0.25) is 0 Å². The third-order valence-electron chi connectivity index (χ3n) is 4.93. The number of carbonyl (C=O) groups excluding carboxylic acids is 2. The lowest BCUT2D eigenvalue weighted by Crippen LogP contribution is -2.47. The number of hydrogen-bond donors (Lipinski definition) is 0. The van der Waals surface area contributed by atoms with Crippen molar-refractivity contribution in [2.45, 2.75) is 102 Å². The van der Waals surface area contributed by atoms with Gasteiger partial charge >= 0.3 is 0 Å². The summed E-state index contributed by atoms with van der Waals surface area (Å²) in [4.78, 5) is 26.9. The van der Waals surface area contributed by atoms with Crippen LogP contribution in [-0.2, 0) is 4.79 Å². The summed E-state index contributed by atoms with van der Waals surface area (Å²) in [6.45, 7) is 8.19. The van der Waals surface area contributed by atoms with E-state index in [1.165, 1.54) is 31.0 Å². The molecule has 0 unspecified atom stereocenters. The van der Waals surface area contributed by atoms with Gasteiger partial charge in [0.1, 0.15) is 6.04 Å². The average Bonchev–Trinajstić information content (AvgIpc) is 3.02. The first-order valence-electron chi connectivity index (χ1n) is 10.2. The fraction of sp³-hybridized carbons (Fsp3) is 0.800. The maximum absolute atomic E-state index is 13.2. The molecule has 152 valence electrons. The first-order chi connectivity index (χ1) is 12.9. The topological polar surface area (TPSA) is 76.3 Å². The second-order valence-corrected chi connectivity index (χ2v) is 9.63. The number of aromatic nitrogens is 2. The molecule has 1 amide bonds. The zero-order valence-corrected chi connectivity index (χ0v) is 17.8. The Kier molecular flexibility index (Phi) is 8.80. The van der Waals surface area contributed by atoms with E-state index in [2.05, 4.69) is 24.0 Å². The molecule has 1 saturated carbocycles. The maximum atomic E-state index is 13.2. The average molecular weight is 396 g/mol. The highest BCUT2D eigenvalue weighted by molar-refractivity contribution is 7.99. The van der Waals surface area contributed by atoms with Crippen molar-refractivity contribution in [1.82, 2.24) is 15.1 Å². The van der Waals surface area contributed by atoms with E-state index in [-0.39, 0.29) is 23.6 Å². The highest BCUT2D eigenvalue weighted by Crippen LogP contribution is 2.27. The van der Waals surface area contributed by atoms with Crippen LogP contribution in [0.4, 0.5) is 0 Å². The summed E-state index contributed by atoms with van der Waals surface area (Å²) in [6.07, 6.45) is 9.25. The molecule has 27 heavy (non-hydrogen) atoms. The summed E-state index contributed by atoms with van der Waals surface area (Å²) >= 11 is 1.43. The van der Waals surface area contributed by atoms with Crippen molar-refractivity contribution in [3.8, 4) is 0 Å². The molecule has 1 fully saturated rings. The molecule has 7 heteroatoms. The van der Waals surface area contributed by atoms with Gasteiger partial charge in [0.15, 0.2) is 0 Å². The van der Waals surface area contributed by atoms with Crippen molar-refractivity contribution in [1.29, 1.82) is 0 Å². The predicted molar refractivity (Wildman–Crippen MR) is 107 cm³/mol. The van der Waals surface area contributed by atoms with Gasteiger partial charge in [-0.05, 0) is 25.2 Å². The standard InChI is InChI=1S/C20H33N3O3S/c1-14(2)12-17(18(25)19-21-22-20(26-19)27-15(3)4)23(13-24)16-10-8-6-5-7-9-11-16/h13-17H,5-12H2,1-4H3/t17-/m0/s1. The zero-order chi connectivity index (χ0) is 19.8. The molecule has 0 aliphatic heterocycles. The van der Waals surface area contributed by atoms with E-state index in [1.807, 2.05) is 13.8 Å². The lowest BCUT2D eigenvalue weighted by Gasteiger charge is -2.35. The molecule has 6 nitrogen and oxygen atoms in total. The van der Waals surface area contributed by atoms with Crippen LogP contribution in [0, 0.1) is 5.92 Å². The predicted octanol–water partition coefficient (Wildman–Crippen LogP) is 4.74. The summed E-state index contributed by atoms with van der Waals surface area (Å²) in [5.41, 5.74) is 0. The number of Topliss-reactive ketones (excluding diaryl/α,β-unsaturated/α-hetero) is 1. The second-order valence-electron chi connectivity index (χ2n) is 8.10. The summed E-state index contributed by atoms with van der Waals surface area (Å²) in [5.74, 6) is 0.0600. The molecule has 0 spiro atoms. The first-order valence-corrected chi connectivity index (χ1v) is 11.1. The van der Waals surface area contributed by atoms with E-state index in [1.54, 1.807) is 4.90 Å². The highest BCUT2D eigenvalue weighted by Gasteiger charge is 2.34. The van der Waals surface area contributed by atoms with Gasteiger partial charge in [-0.25, -0.2) is 0 Å². The van der Waals surface area contributed by atoms with E-state index in [0.717, 1.165) is 32.1 Å². The van der Waals surface area contributed by atoms with E-state index in [4.69, 9.17) is 4.42 Å². The SMILES string of the molecule is CC(C)C[C@@H](C(=O)c1nnc(SC(C)C)o1)N(C=O)C1CCCCCCC1. The number of thioether (sulfide) groups is 1. The molecule has 0 saturated heterocycles. The largest absolute Gasteiger partial charge is 0.408 e. The number of amides is 1. The van der Waals surface area contributed by atoms with Gasteiger partial charge in [-0.1, -0.05) is 71.6 Å². The molecule has 0 radical (unpaired) electrons. The monoisotopic (exact) mass is 395 g/mol. The fourth-order valence-electron chi connectivity index (χ4n) is 3.66. The smallest absolute Gasteiger partial charge is 0.286 e. The molecule has 2 rings (SSSR count). The van der Waals surface area contributed by atoms with Crippen molar-refractivity contribution in [2.75, 3.05) is 0 Å². The van der Waals surface area contributed by atoms with Crippen LogP contribution in [0.15, 0.2) is 9.64 Å². The molecule has 0 N–H and O–H groups in total. The summed E-state index contributed by atoms with van der Waals surface area (Å²) in [7, 11) is 0. The Hall–Kier alpha value is -1.37. The van der Waals surface area contributed by atoms with Gasteiger partial charge in [0.25, 0.3) is 11.1 Å². The Balaban J connectivity index is 2.21. The van der Waals surface area contributed by atoms with Crippen LogP contribution < -0.4 is 0 Å². The molecular formula is C20H33N3O3S. The highest BCUT2D eigenvalue weighted by atomic mass is 32.2. The number of ketones is 1.